The molecule has 3 rings (SSSR count). The molecule has 0 aliphatic carbocycles. The molecular weight excluding hydrogens is 397 g/mol. The van der Waals surface area contributed by atoms with Crippen molar-refractivity contribution >= 4 is 34.9 Å². The van der Waals surface area contributed by atoms with E-state index in [4.69, 9.17) is 16.3 Å². The molecule has 2 aromatic rings. The summed E-state index contributed by atoms with van der Waals surface area (Å²) in [5, 5.41) is 2.59. The summed E-state index contributed by atoms with van der Waals surface area (Å²) < 4.78 is 18.6. The number of anilines is 2. The summed E-state index contributed by atoms with van der Waals surface area (Å²) in [7, 11) is 0. The molecule has 1 amide bonds. The summed E-state index contributed by atoms with van der Waals surface area (Å²) >= 11 is 5.82. The maximum Gasteiger partial charge on any atom is 0.343 e. The zero-order valence-electron chi connectivity index (χ0n) is 16.2. The van der Waals surface area contributed by atoms with Crippen LogP contribution in [0.5, 0.6) is 0 Å². The molecule has 1 fully saturated rings. The number of piperazine rings is 1. The smallest absolute Gasteiger partial charge is 0.343 e. The topological polar surface area (TPSA) is 61.9 Å². The highest BCUT2D eigenvalue weighted by Gasteiger charge is 2.19. The van der Waals surface area contributed by atoms with Gasteiger partial charge in [-0.05, 0) is 42.9 Å². The second kappa shape index (κ2) is 9.71. The Morgan fingerprint density at radius 3 is 2.41 bits per heavy atom. The van der Waals surface area contributed by atoms with Crippen molar-refractivity contribution in [3.63, 3.8) is 0 Å². The second-order valence-corrected chi connectivity index (χ2v) is 7.10. The number of amides is 1. The maximum atomic E-state index is 13.7. The zero-order valence-corrected chi connectivity index (χ0v) is 16.9. The quantitative estimate of drug-likeness (QED) is 0.727. The molecule has 154 valence electrons. The summed E-state index contributed by atoms with van der Waals surface area (Å²) in [6, 6.07) is 11.4. The molecule has 0 unspecified atom stereocenters. The van der Waals surface area contributed by atoms with Crippen LogP contribution in [-0.4, -0.2) is 56.1 Å². The van der Waals surface area contributed by atoms with Gasteiger partial charge >= 0.3 is 5.97 Å². The van der Waals surface area contributed by atoms with Crippen LogP contribution in [0.1, 0.15) is 17.3 Å². The van der Waals surface area contributed by atoms with E-state index in [1.54, 1.807) is 12.1 Å². The summed E-state index contributed by atoms with van der Waals surface area (Å²) in [5.74, 6) is -2.29. The fourth-order valence-electron chi connectivity index (χ4n) is 3.17. The van der Waals surface area contributed by atoms with E-state index in [9.17, 15) is 14.0 Å². The van der Waals surface area contributed by atoms with Crippen LogP contribution in [0.2, 0.25) is 5.02 Å². The van der Waals surface area contributed by atoms with Crippen LogP contribution in [-0.2, 0) is 9.53 Å². The fraction of sp³-hybridized carbons (Fsp3) is 0.333. The number of benzene rings is 2. The third-order valence-electron chi connectivity index (χ3n) is 4.84. The molecule has 1 saturated heterocycles. The lowest BCUT2D eigenvalue weighted by molar-refractivity contribution is -0.119. The Morgan fingerprint density at radius 2 is 1.79 bits per heavy atom. The summed E-state index contributed by atoms with van der Waals surface area (Å²) in [6.07, 6.45) is 0. The first-order chi connectivity index (χ1) is 14.0. The zero-order chi connectivity index (χ0) is 20.8. The average molecular weight is 420 g/mol. The number of nitrogens with one attached hydrogen (secondary N) is 1. The molecular formula is C21H23ClFN3O3. The van der Waals surface area contributed by atoms with Crippen molar-refractivity contribution in [3.05, 3.63) is 58.9 Å². The van der Waals surface area contributed by atoms with Gasteiger partial charge < -0.3 is 19.9 Å². The normalized spacial score (nSPS) is 14.5. The number of carbonyl (C=O) groups excluding carboxylic acids is 2. The van der Waals surface area contributed by atoms with Crippen LogP contribution in [0, 0.1) is 5.82 Å². The van der Waals surface area contributed by atoms with E-state index < -0.39 is 24.3 Å². The van der Waals surface area contributed by atoms with E-state index >= 15 is 0 Å². The van der Waals surface area contributed by atoms with Gasteiger partial charge in [0, 0.05) is 37.6 Å². The highest BCUT2D eigenvalue weighted by molar-refractivity contribution is 6.33. The van der Waals surface area contributed by atoms with Gasteiger partial charge in [-0.3, -0.25) is 4.79 Å². The molecule has 1 aliphatic rings. The number of likely N-dealkylation sites (N-methyl/N-ethyl adjacent to an activating group) is 1. The molecule has 0 bridgehead atoms. The minimum Gasteiger partial charge on any atom is -0.452 e. The molecule has 0 atom stereocenters. The first-order valence-corrected chi connectivity index (χ1v) is 9.84. The van der Waals surface area contributed by atoms with Crippen LogP contribution >= 0.6 is 11.6 Å². The third-order valence-corrected chi connectivity index (χ3v) is 5.15. The molecule has 29 heavy (non-hydrogen) atoms. The van der Waals surface area contributed by atoms with E-state index in [-0.39, 0.29) is 10.6 Å². The molecule has 0 saturated carbocycles. The molecule has 1 heterocycles. The van der Waals surface area contributed by atoms with Crippen LogP contribution in [0.25, 0.3) is 0 Å². The molecule has 6 nitrogen and oxygen atoms in total. The number of nitrogens with zero attached hydrogens (tertiary/aromatic N) is 2. The maximum absolute atomic E-state index is 13.7. The summed E-state index contributed by atoms with van der Waals surface area (Å²) in [5.41, 5.74) is 1.31. The van der Waals surface area contributed by atoms with Gasteiger partial charge in [0.25, 0.3) is 5.91 Å². The Morgan fingerprint density at radius 1 is 1.10 bits per heavy atom. The van der Waals surface area contributed by atoms with Crippen LogP contribution in [0.4, 0.5) is 15.8 Å². The van der Waals surface area contributed by atoms with E-state index in [1.165, 1.54) is 12.1 Å². The molecule has 2 aromatic carbocycles. The molecule has 8 heteroatoms. The minimum absolute atomic E-state index is 0.0641. The SMILES string of the molecule is CCN1CCN(c2ccc(NC(=O)COC(=O)c3c(F)cccc3Cl)cc2)CC1. The lowest BCUT2D eigenvalue weighted by Gasteiger charge is -2.35. The highest BCUT2D eigenvalue weighted by atomic mass is 35.5. The van der Waals surface area contributed by atoms with Gasteiger partial charge in [-0.1, -0.05) is 24.6 Å². The molecule has 0 spiro atoms. The number of rotatable bonds is 6. The first-order valence-electron chi connectivity index (χ1n) is 9.46. The molecule has 1 aliphatic heterocycles. The second-order valence-electron chi connectivity index (χ2n) is 6.69. The van der Waals surface area contributed by atoms with Gasteiger partial charge in [0.15, 0.2) is 6.61 Å². The Balaban J connectivity index is 1.50. The number of ether oxygens (including phenoxy) is 1. The van der Waals surface area contributed by atoms with Crippen molar-refractivity contribution in [2.24, 2.45) is 0 Å². The number of halogens is 2. The molecule has 0 aromatic heterocycles. The summed E-state index contributed by atoms with van der Waals surface area (Å²) in [6.45, 7) is 6.69. The van der Waals surface area contributed by atoms with Gasteiger partial charge in [0.05, 0.1) is 5.02 Å². The Bertz CT molecular complexity index is 848. The van der Waals surface area contributed by atoms with Crippen molar-refractivity contribution < 1.29 is 18.7 Å². The summed E-state index contributed by atoms with van der Waals surface area (Å²) in [4.78, 5) is 28.7. The first kappa shape index (κ1) is 21.1. The number of carbonyl (C=O) groups is 2. The Labute approximate surface area is 174 Å². The fourth-order valence-corrected chi connectivity index (χ4v) is 3.41. The third kappa shape index (κ3) is 5.46. The average Bonchev–Trinajstić information content (AvgIpc) is 2.73. The monoisotopic (exact) mass is 419 g/mol. The van der Waals surface area contributed by atoms with Gasteiger partial charge in [0.2, 0.25) is 0 Å². The van der Waals surface area contributed by atoms with Crippen LogP contribution < -0.4 is 10.2 Å². The predicted molar refractivity (Wildman–Crippen MR) is 111 cm³/mol. The van der Waals surface area contributed by atoms with Crippen molar-refractivity contribution in [1.29, 1.82) is 0 Å². The van der Waals surface area contributed by atoms with Gasteiger partial charge in [-0.25, -0.2) is 9.18 Å². The molecule has 0 radical (unpaired) electrons. The van der Waals surface area contributed by atoms with E-state index in [0.29, 0.717) is 5.69 Å². The van der Waals surface area contributed by atoms with Crippen LogP contribution in [0.15, 0.2) is 42.5 Å². The van der Waals surface area contributed by atoms with Gasteiger partial charge in [-0.2, -0.15) is 0 Å². The van der Waals surface area contributed by atoms with Crippen molar-refractivity contribution in [3.8, 4) is 0 Å². The van der Waals surface area contributed by atoms with E-state index in [0.717, 1.165) is 44.5 Å². The van der Waals surface area contributed by atoms with Crippen molar-refractivity contribution in [2.45, 2.75) is 6.92 Å². The van der Waals surface area contributed by atoms with E-state index in [2.05, 4.69) is 22.0 Å². The lowest BCUT2D eigenvalue weighted by atomic mass is 10.2. The van der Waals surface area contributed by atoms with Crippen LogP contribution in [0.3, 0.4) is 0 Å². The lowest BCUT2D eigenvalue weighted by Crippen LogP contribution is -2.46. The van der Waals surface area contributed by atoms with Crippen molar-refractivity contribution in [1.82, 2.24) is 4.90 Å². The van der Waals surface area contributed by atoms with Crippen molar-refractivity contribution in [2.75, 3.05) is 49.5 Å². The van der Waals surface area contributed by atoms with E-state index in [1.807, 2.05) is 12.1 Å². The number of hydrogen-bond donors (Lipinski definition) is 1. The number of hydrogen-bond acceptors (Lipinski definition) is 5. The van der Waals surface area contributed by atoms with Gasteiger partial charge in [-0.15, -0.1) is 0 Å². The highest BCUT2D eigenvalue weighted by Crippen LogP contribution is 2.21. The largest absolute Gasteiger partial charge is 0.452 e. The minimum atomic E-state index is -0.982. The number of esters is 1. The Kier molecular flexibility index (Phi) is 7.06. The molecule has 1 N–H and O–H groups in total. The standard InChI is InChI=1S/C21H23ClFN3O3/c1-2-25-10-12-26(13-11-25)16-8-6-15(7-9-16)24-19(27)14-29-21(28)20-17(22)4-3-5-18(20)23/h3-9H,2,10-14H2,1H3,(H,24,27). The van der Waals surface area contributed by atoms with Gasteiger partial charge in [0.1, 0.15) is 11.4 Å². The Hall–Kier alpha value is -2.64. The predicted octanol–water partition coefficient (Wildman–Crippen LogP) is 3.42.